The smallest absolute Gasteiger partial charge is 0.408 e. The maximum absolute atomic E-state index is 14.2. The summed E-state index contributed by atoms with van der Waals surface area (Å²) in [6.45, 7) is 5.76. The van der Waals surface area contributed by atoms with Gasteiger partial charge in [0.1, 0.15) is 35.7 Å². The predicted octanol–water partition coefficient (Wildman–Crippen LogP) is 4.91. The van der Waals surface area contributed by atoms with Gasteiger partial charge in [-0.05, 0) is 79.9 Å². The number of hydrogen-bond acceptors (Lipinski definition) is 9. The van der Waals surface area contributed by atoms with E-state index in [1.807, 2.05) is 39.0 Å². The van der Waals surface area contributed by atoms with E-state index in [1.165, 1.54) is 24.9 Å². The Kier molecular flexibility index (Phi) is 8.63. The number of allylic oxidation sites excluding steroid dienone is 1. The first-order chi connectivity index (χ1) is 21.5. The van der Waals surface area contributed by atoms with E-state index in [2.05, 4.69) is 11.4 Å². The Morgan fingerprint density at radius 1 is 1.02 bits per heavy atom. The van der Waals surface area contributed by atoms with Gasteiger partial charge >= 0.3 is 12.1 Å². The number of carbonyl (C=O) groups is 3. The van der Waals surface area contributed by atoms with E-state index in [-0.39, 0.29) is 25.0 Å². The van der Waals surface area contributed by atoms with E-state index in [0.717, 1.165) is 25.7 Å². The number of ether oxygens (including phenoxy) is 4. The third kappa shape index (κ3) is 6.31. The summed E-state index contributed by atoms with van der Waals surface area (Å²) in [4.78, 5) is 51.7. The summed E-state index contributed by atoms with van der Waals surface area (Å²) in [6, 6.07) is 3.68. The number of aromatic nitrogens is 2. The lowest BCUT2D eigenvalue weighted by Gasteiger charge is -2.35. The minimum absolute atomic E-state index is 0.108. The molecule has 0 radical (unpaired) electrons. The van der Waals surface area contributed by atoms with Crippen LogP contribution in [0.2, 0.25) is 0 Å². The SMILES string of the molecule is COC(=O)C1CC2CN1C(=O)C(C(C)(C)C)NC(=O)OC1CC3CCC3C1CCCC=Cc1nc3ccc(OC)cc3nc1O2. The monoisotopic (exact) mass is 620 g/mol. The molecule has 1 saturated heterocycles. The molecule has 11 heteroatoms. The summed E-state index contributed by atoms with van der Waals surface area (Å²) in [5.41, 5.74) is 1.23. The molecule has 3 fully saturated rings. The van der Waals surface area contributed by atoms with Crippen molar-refractivity contribution >= 4 is 35.1 Å². The first kappa shape index (κ1) is 31.1. The summed E-state index contributed by atoms with van der Waals surface area (Å²) in [5.74, 6) is 1.48. The molecule has 1 aromatic carbocycles. The molecule has 3 heterocycles. The van der Waals surface area contributed by atoms with Crippen molar-refractivity contribution in [1.82, 2.24) is 20.2 Å². The molecule has 45 heavy (non-hydrogen) atoms. The summed E-state index contributed by atoms with van der Waals surface area (Å²) in [6.07, 6.45) is 8.82. The lowest BCUT2D eigenvalue weighted by atomic mass is 9.71. The van der Waals surface area contributed by atoms with E-state index in [0.29, 0.717) is 46.1 Å². The van der Waals surface area contributed by atoms with Crippen LogP contribution in [0.1, 0.15) is 71.4 Å². The van der Waals surface area contributed by atoms with Crippen LogP contribution >= 0.6 is 0 Å². The number of esters is 1. The molecule has 1 aromatic heterocycles. The molecular weight excluding hydrogens is 576 g/mol. The van der Waals surface area contributed by atoms with Crippen LogP contribution in [0.4, 0.5) is 4.79 Å². The number of benzene rings is 1. The molecule has 242 valence electrons. The molecule has 6 rings (SSSR count). The normalized spacial score (nSPS) is 30.4. The van der Waals surface area contributed by atoms with E-state index in [9.17, 15) is 14.4 Å². The standard InChI is InChI=1S/C34H44N4O7/c1-34(2,3)29-31(39)38-18-21(17-27(38)32(40)43-5)44-30-25(35-24-14-12-20(42-4)16-26(24)36-30)10-8-6-7-9-23-22-13-11-19(22)15-28(23)45-33(41)37-29/h8,10,12,14,16,19,21-23,27-29H,6-7,9,11,13,15,17-18H2,1-5H3,(H,37,41). The number of carbonyl (C=O) groups excluding carboxylic acids is 3. The largest absolute Gasteiger partial charge is 0.497 e. The summed E-state index contributed by atoms with van der Waals surface area (Å²) < 4.78 is 23.0. The summed E-state index contributed by atoms with van der Waals surface area (Å²) >= 11 is 0. The first-order valence-electron chi connectivity index (χ1n) is 16.1. The van der Waals surface area contributed by atoms with Crippen molar-refractivity contribution in [3.05, 3.63) is 30.0 Å². The van der Waals surface area contributed by atoms with Gasteiger partial charge in [0.2, 0.25) is 11.8 Å². The van der Waals surface area contributed by atoms with Gasteiger partial charge in [-0.2, -0.15) is 0 Å². The first-order valence-corrected chi connectivity index (χ1v) is 16.1. The Hall–Kier alpha value is -3.89. The van der Waals surface area contributed by atoms with E-state index in [1.54, 1.807) is 13.2 Å². The van der Waals surface area contributed by atoms with Crippen molar-refractivity contribution in [2.75, 3.05) is 20.8 Å². The van der Waals surface area contributed by atoms with E-state index in [4.69, 9.17) is 28.9 Å². The fourth-order valence-electron chi connectivity index (χ4n) is 7.50. The van der Waals surface area contributed by atoms with Crippen LogP contribution in [-0.2, 0) is 19.1 Å². The number of alkyl carbamates (subject to hydrolysis) is 1. The average Bonchev–Trinajstić information content (AvgIpc) is 3.51. The van der Waals surface area contributed by atoms with Crippen LogP contribution in [0.25, 0.3) is 17.1 Å². The zero-order chi connectivity index (χ0) is 31.9. The van der Waals surface area contributed by atoms with Crippen LogP contribution in [0.3, 0.4) is 0 Å². The fourth-order valence-corrected chi connectivity index (χ4v) is 7.50. The van der Waals surface area contributed by atoms with Crippen LogP contribution in [0.15, 0.2) is 24.3 Å². The lowest BCUT2D eigenvalue weighted by molar-refractivity contribution is -0.152. The highest BCUT2D eigenvalue weighted by molar-refractivity contribution is 5.91. The zero-order valence-electron chi connectivity index (χ0n) is 26.8. The van der Waals surface area contributed by atoms with Gasteiger partial charge in [0.15, 0.2) is 0 Å². The molecule has 11 nitrogen and oxygen atoms in total. The van der Waals surface area contributed by atoms with Crippen LogP contribution in [0, 0.1) is 23.2 Å². The Labute approximate surface area is 264 Å². The third-order valence-corrected chi connectivity index (χ3v) is 10.0. The number of rotatable bonds is 2. The Morgan fingerprint density at radius 3 is 2.56 bits per heavy atom. The van der Waals surface area contributed by atoms with Gasteiger partial charge in [-0.25, -0.2) is 19.6 Å². The second-order valence-corrected chi connectivity index (χ2v) is 13.9. The molecule has 7 atom stereocenters. The average molecular weight is 621 g/mol. The van der Waals surface area contributed by atoms with Gasteiger partial charge < -0.3 is 29.2 Å². The van der Waals surface area contributed by atoms with Crippen molar-refractivity contribution in [3.8, 4) is 11.6 Å². The molecule has 4 aliphatic rings. The molecule has 2 aliphatic heterocycles. The van der Waals surface area contributed by atoms with Crippen molar-refractivity contribution in [2.24, 2.45) is 23.2 Å². The Balaban J connectivity index is 1.37. The van der Waals surface area contributed by atoms with Crippen molar-refractivity contribution in [3.63, 3.8) is 0 Å². The summed E-state index contributed by atoms with van der Waals surface area (Å²) in [5, 5.41) is 2.89. The van der Waals surface area contributed by atoms with Crippen LogP contribution in [-0.4, -0.2) is 77.9 Å². The Morgan fingerprint density at radius 2 is 1.84 bits per heavy atom. The molecule has 2 bridgehead atoms. The molecule has 2 aliphatic carbocycles. The van der Waals surface area contributed by atoms with E-state index >= 15 is 0 Å². The summed E-state index contributed by atoms with van der Waals surface area (Å²) in [7, 11) is 2.89. The van der Waals surface area contributed by atoms with Gasteiger partial charge in [-0.1, -0.05) is 26.8 Å². The van der Waals surface area contributed by atoms with E-state index < -0.39 is 35.7 Å². The van der Waals surface area contributed by atoms with Gasteiger partial charge in [-0.15, -0.1) is 0 Å². The number of methoxy groups -OCH3 is 2. The highest BCUT2D eigenvalue weighted by Gasteiger charge is 2.50. The molecule has 1 N–H and O–H groups in total. The maximum atomic E-state index is 14.2. The molecule has 2 amide bonds. The minimum atomic E-state index is -0.933. The van der Waals surface area contributed by atoms with Crippen LogP contribution < -0.4 is 14.8 Å². The molecule has 7 unspecified atom stereocenters. The van der Waals surface area contributed by atoms with Crippen molar-refractivity contribution in [2.45, 2.75) is 90.0 Å². The van der Waals surface area contributed by atoms with Crippen LogP contribution in [0.5, 0.6) is 11.6 Å². The molecule has 2 saturated carbocycles. The highest BCUT2D eigenvalue weighted by Crippen LogP contribution is 2.53. The van der Waals surface area contributed by atoms with Crippen molar-refractivity contribution < 1.29 is 33.3 Å². The number of hydrogen-bond donors (Lipinski definition) is 1. The molecular formula is C34H44N4O7. The van der Waals surface area contributed by atoms with Gasteiger partial charge in [0, 0.05) is 12.5 Å². The highest BCUT2D eigenvalue weighted by atomic mass is 16.6. The predicted molar refractivity (Wildman–Crippen MR) is 166 cm³/mol. The number of nitrogens with one attached hydrogen (secondary N) is 1. The number of amides is 2. The lowest BCUT2D eigenvalue weighted by Crippen LogP contribution is -2.57. The van der Waals surface area contributed by atoms with Crippen molar-refractivity contribution in [1.29, 1.82) is 0 Å². The zero-order valence-corrected chi connectivity index (χ0v) is 26.8. The molecule has 2 aromatic rings. The number of nitrogens with zero attached hydrogens (tertiary/aromatic N) is 3. The second kappa shape index (κ2) is 12.5. The van der Waals surface area contributed by atoms with Gasteiger partial charge in [-0.3, -0.25) is 4.79 Å². The molecule has 0 spiro atoms. The van der Waals surface area contributed by atoms with Gasteiger partial charge in [0.05, 0.1) is 31.8 Å². The fraction of sp³-hybridized carbons (Fsp3) is 0.618. The number of fused-ring (bicyclic) bond motifs is 7. The Bertz CT molecular complexity index is 1490. The topological polar surface area (TPSA) is 129 Å². The second-order valence-electron chi connectivity index (χ2n) is 13.9. The quantitative estimate of drug-likeness (QED) is 0.466. The third-order valence-electron chi connectivity index (χ3n) is 10.0. The van der Waals surface area contributed by atoms with Gasteiger partial charge in [0.25, 0.3) is 0 Å². The maximum Gasteiger partial charge on any atom is 0.408 e. The minimum Gasteiger partial charge on any atom is -0.497 e.